The van der Waals surface area contributed by atoms with Crippen LogP contribution in [0, 0.1) is 11.3 Å². The largest absolute Gasteiger partial charge is 0.497 e. The number of ether oxygens (including phenoxy) is 1. The van der Waals surface area contributed by atoms with E-state index in [-0.39, 0.29) is 5.91 Å². The zero-order valence-corrected chi connectivity index (χ0v) is 15.2. The van der Waals surface area contributed by atoms with Gasteiger partial charge in [-0.2, -0.15) is 5.26 Å². The molecule has 1 amide bonds. The first-order chi connectivity index (χ1) is 12.6. The van der Waals surface area contributed by atoms with Crippen LogP contribution in [-0.2, 0) is 11.3 Å². The van der Waals surface area contributed by atoms with Crippen LogP contribution in [0.15, 0.2) is 42.5 Å². The SMILES string of the molecule is CCC(=O)Nc1ccc(-c2c(C#N)c3ccc(OC)cc3n2CC)cc1. The normalized spacial score (nSPS) is 10.5. The first-order valence-corrected chi connectivity index (χ1v) is 8.63. The molecule has 132 valence electrons. The van der Waals surface area contributed by atoms with Gasteiger partial charge in [-0.25, -0.2) is 0 Å². The smallest absolute Gasteiger partial charge is 0.224 e. The Morgan fingerprint density at radius 3 is 2.50 bits per heavy atom. The van der Waals surface area contributed by atoms with Gasteiger partial charge in [-0.05, 0) is 36.8 Å². The zero-order chi connectivity index (χ0) is 18.7. The van der Waals surface area contributed by atoms with Crippen LogP contribution in [0.25, 0.3) is 22.2 Å². The second-order valence-corrected chi connectivity index (χ2v) is 5.94. The number of nitrogens with one attached hydrogen (secondary N) is 1. The first-order valence-electron chi connectivity index (χ1n) is 8.63. The molecule has 5 nitrogen and oxygen atoms in total. The third kappa shape index (κ3) is 3.02. The molecule has 0 saturated carbocycles. The van der Waals surface area contributed by atoms with Crippen molar-refractivity contribution in [2.24, 2.45) is 0 Å². The Labute approximate surface area is 152 Å². The van der Waals surface area contributed by atoms with Crippen molar-refractivity contribution in [1.29, 1.82) is 5.26 Å². The number of nitriles is 1. The van der Waals surface area contributed by atoms with Crippen molar-refractivity contribution < 1.29 is 9.53 Å². The van der Waals surface area contributed by atoms with Crippen LogP contribution in [0.2, 0.25) is 0 Å². The average molecular weight is 347 g/mol. The van der Waals surface area contributed by atoms with Gasteiger partial charge in [-0.1, -0.05) is 19.1 Å². The van der Waals surface area contributed by atoms with E-state index in [1.165, 1.54) is 0 Å². The number of anilines is 1. The average Bonchev–Trinajstić information content (AvgIpc) is 3.00. The van der Waals surface area contributed by atoms with Crippen LogP contribution in [-0.4, -0.2) is 17.6 Å². The first kappa shape index (κ1) is 17.6. The quantitative estimate of drug-likeness (QED) is 0.736. The van der Waals surface area contributed by atoms with Crippen LogP contribution >= 0.6 is 0 Å². The standard InChI is InChI=1S/C21H21N3O2/c1-4-20(25)23-15-8-6-14(7-9-15)21-18(13-22)17-11-10-16(26-3)12-19(17)24(21)5-2/h6-12H,4-5H2,1-3H3,(H,23,25). The molecule has 0 spiro atoms. The van der Waals surface area contributed by atoms with Crippen LogP contribution in [0.3, 0.4) is 0 Å². The van der Waals surface area contributed by atoms with Crippen LogP contribution < -0.4 is 10.1 Å². The number of benzene rings is 2. The highest BCUT2D eigenvalue weighted by atomic mass is 16.5. The van der Waals surface area contributed by atoms with Gasteiger partial charge in [0.1, 0.15) is 11.8 Å². The van der Waals surface area contributed by atoms with Crippen molar-refractivity contribution in [3.63, 3.8) is 0 Å². The van der Waals surface area contributed by atoms with Gasteiger partial charge in [0.2, 0.25) is 5.91 Å². The van der Waals surface area contributed by atoms with Gasteiger partial charge in [-0.15, -0.1) is 0 Å². The molecule has 1 N–H and O–H groups in total. The lowest BCUT2D eigenvalue weighted by Gasteiger charge is -2.10. The lowest BCUT2D eigenvalue weighted by molar-refractivity contribution is -0.115. The fourth-order valence-electron chi connectivity index (χ4n) is 3.16. The minimum Gasteiger partial charge on any atom is -0.497 e. The van der Waals surface area contributed by atoms with Crippen molar-refractivity contribution >= 4 is 22.5 Å². The van der Waals surface area contributed by atoms with Gasteiger partial charge in [0.05, 0.1) is 23.9 Å². The molecule has 3 aromatic rings. The zero-order valence-electron chi connectivity index (χ0n) is 15.2. The summed E-state index contributed by atoms with van der Waals surface area (Å²) in [7, 11) is 1.63. The molecule has 1 aromatic heterocycles. The van der Waals surface area contributed by atoms with Crippen molar-refractivity contribution in [2.45, 2.75) is 26.8 Å². The summed E-state index contributed by atoms with van der Waals surface area (Å²) >= 11 is 0. The second-order valence-electron chi connectivity index (χ2n) is 5.94. The van der Waals surface area contributed by atoms with Crippen molar-refractivity contribution in [3.05, 3.63) is 48.0 Å². The maximum atomic E-state index is 11.5. The molecule has 0 aliphatic carbocycles. The highest BCUT2D eigenvalue weighted by Gasteiger charge is 2.18. The lowest BCUT2D eigenvalue weighted by atomic mass is 10.1. The number of nitrogens with zero attached hydrogens (tertiary/aromatic N) is 2. The Balaban J connectivity index is 2.15. The van der Waals surface area contributed by atoms with E-state index in [2.05, 4.69) is 22.9 Å². The molecule has 0 unspecified atom stereocenters. The van der Waals surface area contributed by atoms with E-state index in [0.29, 0.717) is 12.0 Å². The molecule has 0 bridgehead atoms. The van der Waals surface area contributed by atoms with Crippen molar-refractivity contribution in [1.82, 2.24) is 4.57 Å². The minimum atomic E-state index is -0.0229. The number of hydrogen-bond acceptors (Lipinski definition) is 3. The van der Waals surface area contributed by atoms with Gasteiger partial charge < -0.3 is 14.6 Å². The highest BCUT2D eigenvalue weighted by Crippen LogP contribution is 2.35. The van der Waals surface area contributed by atoms with E-state index < -0.39 is 0 Å². The summed E-state index contributed by atoms with van der Waals surface area (Å²) in [5, 5.41) is 13.5. The van der Waals surface area contributed by atoms with Gasteiger partial charge in [-0.3, -0.25) is 4.79 Å². The molecular formula is C21H21N3O2. The van der Waals surface area contributed by atoms with Crippen LogP contribution in [0.1, 0.15) is 25.8 Å². The summed E-state index contributed by atoms with van der Waals surface area (Å²) in [6, 6.07) is 15.7. The molecule has 2 aromatic carbocycles. The van der Waals surface area contributed by atoms with Crippen LogP contribution in [0.4, 0.5) is 5.69 Å². The molecule has 0 fully saturated rings. The van der Waals surface area contributed by atoms with E-state index >= 15 is 0 Å². The third-order valence-corrected chi connectivity index (χ3v) is 4.46. The van der Waals surface area contributed by atoms with E-state index in [1.54, 1.807) is 7.11 Å². The Morgan fingerprint density at radius 2 is 1.92 bits per heavy atom. The molecule has 3 rings (SSSR count). The molecule has 5 heteroatoms. The Bertz CT molecular complexity index is 995. The second kappa shape index (κ2) is 7.32. The number of fused-ring (bicyclic) bond motifs is 1. The predicted molar refractivity (Wildman–Crippen MR) is 103 cm³/mol. The Hall–Kier alpha value is -3.26. The van der Waals surface area contributed by atoms with E-state index in [1.807, 2.05) is 49.4 Å². The summed E-state index contributed by atoms with van der Waals surface area (Å²) in [6.45, 7) is 4.60. The number of carbonyl (C=O) groups excluding carboxylic acids is 1. The number of hydrogen-bond donors (Lipinski definition) is 1. The lowest BCUT2D eigenvalue weighted by Crippen LogP contribution is -2.09. The van der Waals surface area contributed by atoms with E-state index in [0.717, 1.165) is 40.1 Å². The maximum Gasteiger partial charge on any atom is 0.224 e. The molecule has 0 aliphatic heterocycles. The summed E-state index contributed by atoms with van der Waals surface area (Å²) < 4.78 is 7.46. The molecule has 0 radical (unpaired) electrons. The van der Waals surface area contributed by atoms with Gasteiger partial charge >= 0.3 is 0 Å². The monoisotopic (exact) mass is 347 g/mol. The number of rotatable bonds is 5. The van der Waals surface area contributed by atoms with Crippen molar-refractivity contribution in [2.75, 3.05) is 12.4 Å². The Morgan fingerprint density at radius 1 is 1.19 bits per heavy atom. The molecule has 0 aliphatic rings. The molecule has 1 heterocycles. The Kier molecular flexibility index (Phi) is 4.94. The van der Waals surface area contributed by atoms with Crippen molar-refractivity contribution in [3.8, 4) is 23.1 Å². The number of aromatic nitrogens is 1. The van der Waals surface area contributed by atoms with Crippen LogP contribution in [0.5, 0.6) is 5.75 Å². The topological polar surface area (TPSA) is 67.1 Å². The van der Waals surface area contributed by atoms with Gasteiger partial charge in [0.15, 0.2) is 0 Å². The fraction of sp³-hybridized carbons (Fsp3) is 0.238. The van der Waals surface area contributed by atoms with Gasteiger partial charge in [0, 0.05) is 30.1 Å². The van der Waals surface area contributed by atoms with E-state index in [4.69, 9.17) is 4.74 Å². The molecular weight excluding hydrogens is 326 g/mol. The van der Waals surface area contributed by atoms with Gasteiger partial charge in [0.25, 0.3) is 0 Å². The molecule has 0 atom stereocenters. The van der Waals surface area contributed by atoms with E-state index in [9.17, 15) is 10.1 Å². The predicted octanol–water partition coefficient (Wildman–Crippen LogP) is 4.56. The highest BCUT2D eigenvalue weighted by molar-refractivity contribution is 5.96. The fourth-order valence-corrected chi connectivity index (χ4v) is 3.16. The number of methoxy groups -OCH3 is 1. The third-order valence-electron chi connectivity index (χ3n) is 4.46. The summed E-state index contributed by atoms with van der Waals surface area (Å²) in [5.74, 6) is 0.739. The summed E-state index contributed by atoms with van der Waals surface area (Å²) in [4.78, 5) is 11.5. The number of carbonyl (C=O) groups is 1. The summed E-state index contributed by atoms with van der Waals surface area (Å²) in [6.07, 6.45) is 0.437. The maximum absolute atomic E-state index is 11.5. The molecule has 26 heavy (non-hydrogen) atoms. The minimum absolute atomic E-state index is 0.0229. The molecule has 0 saturated heterocycles. The number of amides is 1. The summed E-state index contributed by atoms with van der Waals surface area (Å²) in [5.41, 5.74) is 4.19. The number of aryl methyl sites for hydroxylation is 1.